The van der Waals surface area contributed by atoms with Gasteiger partial charge < -0.3 is 9.67 Å². The Balaban J connectivity index is 1.83. The lowest BCUT2D eigenvalue weighted by Gasteiger charge is -2.01. The summed E-state index contributed by atoms with van der Waals surface area (Å²) in [5.41, 5.74) is 4.44. The number of aromatic hydroxyl groups is 1. The molecular weight excluding hydrogens is 302 g/mol. The Morgan fingerprint density at radius 3 is 2.79 bits per heavy atom. The first-order valence-corrected chi connectivity index (χ1v) is 7.33. The van der Waals surface area contributed by atoms with Gasteiger partial charge >= 0.3 is 0 Å². The molecule has 0 atom stereocenters. The van der Waals surface area contributed by atoms with Crippen molar-refractivity contribution in [2.45, 2.75) is 6.54 Å². The normalized spacial score (nSPS) is 10.8. The maximum atomic E-state index is 12.0. The number of phenols is 1. The first kappa shape index (κ1) is 15.4. The molecule has 5 heteroatoms. The highest BCUT2D eigenvalue weighted by molar-refractivity contribution is 6.01. The van der Waals surface area contributed by atoms with Crippen molar-refractivity contribution in [3.8, 4) is 18.1 Å². The van der Waals surface area contributed by atoms with E-state index in [1.165, 1.54) is 12.1 Å². The largest absolute Gasteiger partial charge is 0.507 e. The average molecular weight is 317 g/mol. The molecule has 0 saturated heterocycles. The standard InChI is InChI=1S/C19H15N3O2/c1-2-11-22-13-14(15-7-3-5-9-17(15)22)12-20-21-19(24)16-8-4-6-10-18(16)23/h1,3-10,12-13,23H,11H2,(H,21,24)/b20-12-. The first-order chi connectivity index (χ1) is 11.7. The number of terminal acetylenes is 1. The van der Waals surface area contributed by atoms with Gasteiger partial charge in [-0.1, -0.05) is 36.3 Å². The van der Waals surface area contributed by atoms with Gasteiger partial charge in [-0.25, -0.2) is 5.43 Å². The topological polar surface area (TPSA) is 66.6 Å². The summed E-state index contributed by atoms with van der Waals surface area (Å²) in [6.07, 6.45) is 8.85. The van der Waals surface area contributed by atoms with Gasteiger partial charge in [-0.3, -0.25) is 4.79 Å². The molecule has 3 aromatic rings. The number of nitrogens with zero attached hydrogens (tertiary/aromatic N) is 2. The Morgan fingerprint density at radius 1 is 1.25 bits per heavy atom. The fourth-order valence-corrected chi connectivity index (χ4v) is 2.49. The van der Waals surface area contributed by atoms with E-state index in [4.69, 9.17) is 6.42 Å². The van der Waals surface area contributed by atoms with Gasteiger partial charge in [0.1, 0.15) is 5.75 Å². The van der Waals surface area contributed by atoms with Crippen LogP contribution in [0.1, 0.15) is 15.9 Å². The SMILES string of the molecule is C#CCn1cc(/C=N\NC(=O)c2ccccc2O)c2ccccc21. The van der Waals surface area contributed by atoms with Crippen molar-refractivity contribution in [2.24, 2.45) is 5.10 Å². The minimum absolute atomic E-state index is 0.0872. The van der Waals surface area contributed by atoms with E-state index < -0.39 is 5.91 Å². The molecule has 0 fully saturated rings. The Kier molecular flexibility index (Phi) is 4.30. The third kappa shape index (κ3) is 2.99. The predicted octanol–water partition coefficient (Wildman–Crippen LogP) is 2.74. The van der Waals surface area contributed by atoms with E-state index >= 15 is 0 Å². The fourth-order valence-electron chi connectivity index (χ4n) is 2.49. The smallest absolute Gasteiger partial charge is 0.275 e. The van der Waals surface area contributed by atoms with Crippen LogP contribution in [0.5, 0.6) is 5.75 Å². The molecule has 1 aromatic heterocycles. The number of phenolic OH excluding ortho intramolecular Hbond substituents is 1. The van der Waals surface area contributed by atoms with Crippen LogP contribution in [0.15, 0.2) is 59.8 Å². The molecule has 0 aliphatic heterocycles. The monoisotopic (exact) mass is 317 g/mol. The summed E-state index contributed by atoms with van der Waals surface area (Å²) in [5.74, 6) is 2.05. The molecule has 118 valence electrons. The second kappa shape index (κ2) is 6.71. The van der Waals surface area contributed by atoms with Crippen LogP contribution in [0.2, 0.25) is 0 Å². The summed E-state index contributed by atoms with van der Waals surface area (Å²) in [6.45, 7) is 0.457. The van der Waals surface area contributed by atoms with Crippen molar-refractivity contribution in [2.75, 3.05) is 0 Å². The number of rotatable bonds is 4. The Bertz CT molecular complexity index is 964. The molecule has 3 rings (SSSR count). The van der Waals surface area contributed by atoms with Crippen molar-refractivity contribution >= 4 is 23.0 Å². The molecule has 0 aliphatic carbocycles. The highest BCUT2D eigenvalue weighted by Crippen LogP contribution is 2.20. The number of para-hydroxylation sites is 2. The summed E-state index contributed by atoms with van der Waals surface area (Å²) in [5, 5.41) is 14.6. The van der Waals surface area contributed by atoms with Gasteiger partial charge in [0.15, 0.2) is 0 Å². The molecule has 0 radical (unpaired) electrons. The van der Waals surface area contributed by atoms with Gasteiger partial charge in [-0.15, -0.1) is 6.42 Å². The molecule has 2 aromatic carbocycles. The first-order valence-electron chi connectivity index (χ1n) is 7.33. The summed E-state index contributed by atoms with van der Waals surface area (Å²) in [7, 11) is 0. The lowest BCUT2D eigenvalue weighted by molar-refractivity contribution is 0.0952. The molecule has 5 nitrogen and oxygen atoms in total. The number of carbonyl (C=O) groups is 1. The lowest BCUT2D eigenvalue weighted by Crippen LogP contribution is -2.17. The number of aromatic nitrogens is 1. The van der Waals surface area contributed by atoms with E-state index in [9.17, 15) is 9.90 Å². The van der Waals surface area contributed by atoms with Gasteiger partial charge in [-0.2, -0.15) is 5.10 Å². The van der Waals surface area contributed by atoms with Crippen LogP contribution in [0.25, 0.3) is 10.9 Å². The Labute approximate surface area is 139 Å². The van der Waals surface area contributed by atoms with Crippen LogP contribution in [0, 0.1) is 12.3 Å². The van der Waals surface area contributed by atoms with Gasteiger partial charge in [0.05, 0.1) is 18.3 Å². The number of hydrogen-bond acceptors (Lipinski definition) is 3. The van der Waals surface area contributed by atoms with E-state index in [0.29, 0.717) is 6.54 Å². The van der Waals surface area contributed by atoms with Gasteiger partial charge in [-0.05, 0) is 18.2 Å². The van der Waals surface area contributed by atoms with Crippen LogP contribution in [-0.2, 0) is 6.54 Å². The average Bonchev–Trinajstić information content (AvgIpc) is 2.94. The molecule has 2 N–H and O–H groups in total. The molecular formula is C19H15N3O2. The number of hydrogen-bond donors (Lipinski definition) is 2. The van der Waals surface area contributed by atoms with Crippen molar-refractivity contribution in [3.05, 3.63) is 65.9 Å². The van der Waals surface area contributed by atoms with Gasteiger partial charge in [0.2, 0.25) is 0 Å². The molecule has 0 unspecified atom stereocenters. The maximum Gasteiger partial charge on any atom is 0.275 e. The molecule has 1 amide bonds. The minimum atomic E-state index is -0.475. The zero-order valence-corrected chi connectivity index (χ0v) is 12.8. The van der Waals surface area contributed by atoms with Crippen LogP contribution < -0.4 is 5.43 Å². The molecule has 1 heterocycles. The minimum Gasteiger partial charge on any atom is -0.507 e. The quantitative estimate of drug-likeness (QED) is 0.441. The van der Waals surface area contributed by atoms with Crippen molar-refractivity contribution < 1.29 is 9.90 Å². The molecule has 0 spiro atoms. The van der Waals surface area contributed by atoms with Crippen molar-refractivity contribution in [3.63, 3.8) is 0 Å². The van der Waals surface area contributed by atoms with Crippen LogP contribution in [-0.4, -0.2) is 21.8 Å². The number of hydrazone groups is 1. The third-order valence-corrected chi connectivity index (χ3v) is 3.60. The number of benzene rings is 2. The molecule has 0 aliphatic rings. The lowest BCUT2D eigenvalue weighted by atomic mass is 10.2. The van der Waals surface area contributed by atoms with E-state index in [1.54, 1.807) is 18.3 Å². The van der Waals surface area contributed by atoms with E-state index in [2.05, 4.69) is 16.4 Å². The fraction of sp³-hybridized carbons (Fsp3) is 0.0526. The van der Waals surface area contributed by atoms with Gasteiger partial charge in [0, 0.05) is 22.7 Å². The molecule has 24 heavy (non-hydrogen) atoms. The molecule has 0 bridgehead atoms. The van der Waals surface area contributed by atoms with E-state index in [-0.39, 0.29) is 11.3 Å². The van der Waals surface area contributed by atoms with Crippen LogP contribution >= 0.6 is 0 Å². The summed E-state index contributed by atoms with van der Waals surface area (Å²) in [6, 6.07) is 14.1. The highest BCUT2D eigenvalue weighted by atomic mass is 16.3. The summed E-state index contributed by atoms with van der Waals surface area (Å²) in [4.78, 5) is 12.0. The zero-order valence-electron chi connectivity index (χ0n) is 12.8. The Morgan fingerprint density at radius 2 is 2.00 bits per heavy atom. The summed E-state index contributed by atoms with van der Waals surface area (Å²) >= 11 is 0. The maximum absolute atomic E-state index is 12.0. The van der Waals surface area contributed by atoms with Crippen molar-refractivity contribution in [1.82, 2.24) is 9.99 Å². The van der Waals surface area contributed by atoms with Gasteiger partial charge in [0.25, 0.3) is 5.91 Å². The second-order valence-electron chi connectivity index (χ2n) is 5.15. The summed E-state index contributed by atoms with van der Waals surface area (Å²) < 4.78 is 1.95. The second-order valence-corrected chi connectivity index (χ2v) is 5.15. The number of amides is 1. The number of fused-ring (bicyclic) bond motifs is 1. The van der Waals surface area contributed by atoms with Crippen LogP contribution in [0.3, 0.4) is 0 Å². The van der Waals surface area contributed by atoms with E-state index in [0.717, 1.165) is 16.5 Å². The van der Waals surface area contributed by atoms with E-state index in [1.807, 2.05) is 35.0 Å². The van der Waals surface area contributed by atoms with Crippen LogP contribution in [0.4, 0.5) is 0 Å². The number of nitrogens with one attached hydrogen (secondary N) is 1. The Hall–Kier alpha value is -3.52. The molecule has 0 saturated carbocycles. The predicted molar refractivity (Wildman–Crippen MR) is 93.9 cm³/mol. The zero-order chi connectivity index (χ0) is 16.9. The highest BCUT2D eigenvalue weighted by Gasteiger charge is 2.09. The van der Waals surface area contributed by atoms with Crippen molar-refractivity contribution in [1.29, 1.82) is 0 Å². The third-order valence-electron chi connectivity index (χ3n) is 3.60. The number of carbonyl (C=O) groups excluding carboxylic acids is 1.